The van der Waals surface area contributed by atoms with E-state index in [0.29, 0.717) is 6.73 Å². The highest BCUT2D eigenvalue weighted by Gasteiger charge is 2.09. The fourth-order valence-electron chi connectivity index (χ4n) is 2.29. The minimum Gasteiger partial charge on any atom is -0.481 e. The highest BCUT2D eigenvalue weighted by molar-refractivity contribution is 6.31. The molecule has 0 unspecified atom stereocenters. The quantitative estimate of drug-likeness (QED) is 0.627. The molecule has 90 valence electrons. The normalized spacial score (nSPS) is 10.9. The van der Waals surface area contributed by atoms with Crippen molar-refractivity contribution in [2.45, 2.75) is 6.73 Å². The summed E-state index contributed by atoms with van der Waals surface area (Å²) in [5.41, 5.74) is 2.25. The third-order valence-electron chi connectivity index (χ3n) is 3.06. The van der Waals surface area contributed by atoms with Gasteiger partial charge in [-0.3, -0.25) is 0 Å². The number of hydrogen-bond donors (Lipinski definition) is 0. The first-order valence-corrected chi connectivity index (χ1v) is 6.08. The van der Waals surface area contributed by atoms with Crippen molar-refractivity contribution in [2.75, 3.05) is 0 Å². The molecule has 0 saturated heterocycles. The molecule has 2 nitrogen and oxygen atoms in total. The summed E-state index contributed by atoms with van der Waals surface area (Å²) in [6.45, 7) is 4.03. The van der Waals surface area contributed by atoms with Crippen LogP contribution in [0.1, 0.15) is 0 Å². The van der Waals surface area contributed by atoms with E-state index in [1.165, 1.54) is 11.6 Å². The Bertz CT molecular complexity index is 730. The lowest BCUT2D eigenvalue weighted by atomic mass is 10.2. The fourth-order valence-corrected chi connectivity index (χ4v) is 2.46. The molecule has 0 spiro atoms. The molecule has 0 aliphatic carbocycles. The van der Waals surface area contributed by atoms with E-state index in [9.17, 15) is 0 Å². The molecule has 3 aromatic rings. The Labute approximate surface area is 110 Å². The summed E-state index contributed by atoms with van der Waals surface area (Å²) in [5, 5.41) is 3.07. The Morgan fingerprint density at radius 1 is 1.11 bits per heavy atom. The maximum absolute atomic E-state index is 6.08. The average molecular weight is 258 g/mol. The molecular formula is C15H12ClNO. The summed E-state index contributed by atoms with van der Waals surface area (Å²) in [5.74, 6) is 0. The number of nitrogens with zero attached hydrogens (tertiary/aromatic N) is 1. The number of ether oxygens (including phenoxy) is 1. The second-order valence-corrected chi connectivity index (χ2v) is 4.51. The molecule has 0 fully saturated rings. The summed E-state index contributed by atoms with van der Waals surface area (Å²) in [6.07, 6.45) is 1.45. The number of hydrogen-bond acceptors (Lipinski definition) is 1. The van der Waals surface area contributed by atoms with Gasteiger partial charge in [0, 0.05) is 15.8 Å². The molecule has 0 aliphatic heterocycles. The third kappa shape index (κ3) is 1.66. The van der Waals surface area contributed by atoms with Crippen LogP contribution in [0.5, 0.6) is 0 Å². The predicted octanol–water partition coefficient (Wildman–Crippen LogP) is 4.57. The molecule has 0 atom stereocenters. The Balaban J connectivity index is 2.38. The summed E-state index contributed by atoms with van der Waals surface area (Å²) in [4.78, 5) is 0. The smallest absolute Gasteiger partial charge is 0.164 e. The second-order valence-electron chi connectivity index (χ2n) is 4.07. The molecule has 0 aliphatic rings. The van der Waals surface area contributed by atoms with Gasteiger partial charge < -0.3 is 9.30 Å². The van der Waals surface area contributed by atoms with Crippen LogP contribution in [0.25, 0.3) is 21.8 Å². The van der Waals surface area contributed by atoms with Gasteiger partial charge in [-0.05, 0) is 24.3 Å². The first-order chi connectivity index (χ1) is 8.81. The van der Waals surface area contributed by atoms with E-state index < -0.39 is 0 Å². The van der Waals surface area contributed by atoms with Crippen LogP contribution in [-0.4, -0.2) is 4.57 Å². The van der Waals surface area contributed by atoms with E-state index in [1.807, 2.05) is 30.3 Å². The van der Waals surface area contributed by atoms with Crippen LogP contribution >= 0.6 is 11.6 Å². The zero-order chi connectivity index (χ0) is 12.5. The summed E-state index contributed by atoms with van der Waals surface area (Å²) in [7, 11) is 0. The maximum atomic E-state index is 6.08. The average Bonchev–Trinajstić information content (AvgIpc) is 2.70. The van der Waals surface area contributed by atoms with Crippen LogP contribution in [0, 0.1) is 0 Å². The van der Waals surface area contributed by atoms with Gasteiger partial charge in [0.15, 0.2) is 6.73 Å². The first kappa shape index (κ1) is 11.2. The Morgan fingerprint density at radius 3 is 2.72 bits per heavy atom. The first-order valence-electron chi connectivity index (χ1n) is 5.70. The number of halogens is 1. The van der Waals surface area contributed by atoms with Gasteiger partial charge in [-0.15, -0.1) is 0 Å². The minimum atomic E-state index is 0.454. The van der Waals surface area contributed by atoms with E-state index in [0.717, 1.165) is 21.4 Å². The molecule has 0 radical (unpaired) electrons. The van der Waals surface area contributed by atoms with Crippen LogP contribution in [0.3, 0.4) is 0 Å². The summed E-state index contributed by atoms with van der Waals surface area (Å²) in [6, 6.07) is 14.1. The van der Waals surface area contributed by atoms with E-state index >= 15 is 0 Å². The molecule has 0 N–H and O–H groups in total. The van der Waals surface area contributed by atoms with Crippen LogP contribution in [0.15, 0.2) is 55.3 Å². The Hall–Kier alpha value is -1.93. The van der Waals surface area contributed by atoms with Gasteiger partial charge in [0.05, 0.1) is 17.3 Å². The highest BCUT2D eigenvalue weighted by atomic mass is 35.5. The van der Waals surface area contributed by atoms with Gasteiger partial charge in [0.1, 0.15) is 0 Å². The SMILES string of the molecule is C=COCn1c2ccccc2c2cc(Cl)ccc21. The lowest BCUT2D eigenvalue weighted by Gasteiger charge is -2.06. The Morgan fingerprint density at radius 2 is 1.89 bits per heavy atom. The highest BCUT2D eigenvalue weighted by Crippen LogP contribution is 2.30. The van der Waals surface area contributed by atoms with Crippen molar-refractivity contribution in [1.29, 1.82) is 0 Å². The van der Waals surface area contributed by atoms with Crippen molar-refractivity contribution in [1.82, 2.24) is 4.57 Å². The number of fused-ring (bicyclic) bond motifs is 3. The summed E-state index contributed by atoms with van der Waals surface area (Å²) < 4.78 is 7.43. The van der Waals surface area contributed by atoms with Gasteiger partial charge in [-0.1, -0.05) is 36.4 Å². The van der Waals surface area contributed by atoms with Crippen LogP contribution in [-0.2, 0) is 11.5 Å². The molecule has 18 heavy (non-hydrogen) atoms. The molecule has 2 aromatic carbocycles. The predicted molar refractivity (Wildman–Crippen MR) is 75.7 cm³/mol. The van der Waals surface area contributed by atoms with Gasteiger partial charge in [0.2, 0.25) is 0 Å². The van der Waals surface area contributed by atoms with Gasteiger partial charge in [0.25, 0.3) is 0 Å². The van der Waals surface area contributed by atoms with E-state index in [1.54, 1.807) is 0 Å². The molecule has 1 heterocycles. The third-order valence-corrected chi connectivity index (χ3v) is 3.29. The molecule has 3 heteroatoms. The molecule has 0 amide bonds. The maximum Gasteiger partial charge on any atom is 0.164 e. The van der Waals surface area contributed by atoms with Crippen molar-refractivity contribution >= 4 is 33.4 Å². The number of aromatic nitrogens is 1. The molecule has 3 rings (SSSR count). The number of rotatable bonds is 3. The molecule has 1 aromatic heterocycles. The zero-order valence-electron chi connectivity index (χ0n) is 9.77. The lowest BCUT2D eigenvalue weighted by molar-refractivity contribution is 0.184. The van der Waals surface area contributed by atoms with Crippen LogP contribution < -0.4 is 0 Å². The standard InChI is InChI=1S/C15H12ClNO/c1-2-18-10-17-14-6-4-3-5-12(14)13-9-11(16)7-8-15(13)17/h2-9H,1,10H2. The monoisotopic (exact) mass is 257 g/mol. The van der Waals surface area contributed by atoms with Gasteiger partial charge >= 0.3 is 0 Å². The Kier molecular flexibility index (Phi) is 2.73. The van der Waals surface area contributed by atoms with E-state index in [4.69, 9.17) is 16.3 Å². The second kappa shape index (κ2) is 4.39. The van der Waals surface area contributed by atoms with Crippen molar-refractivity contribution < 1.29 is 4.74 Å². The van der Waals surface area contributed by atoms with Gasteiger partial charge in [-0.25, -0.2) is 0 Å². The topological polar surface area (TPSA) is 14.2 Å². The van der Waals surface area contributed by atoms with E-state index in [2.05, 4.69) is 23.3 Å². The molecule has 0 bridgehead atoms. The van der Waals surface area contributed by atoms with Crippen LogP contribution in [0.2, 0.25) is 5.02 Å². The number of benzene rings is 2. The molecular weight excluding hydrogens is 246 g/mol. The zero-order valence-corrected chi connectivity index (χ0v) is 10.5. The number of para-hydroxylation sites is 1. The lowest BCUT2D eigenvalue weighted by Crippen LogP contribution is -1.98. The van der Waals surface area contributed by atoms with Crippen molar-refractivity contribution in [3.8, 4) is 0 Å². The summed E-state index contributed by atoms with van der Waals surface area (Å²) >= 11 is 6.08. The van der Waals surface area contributed by atoms with Crippen molar-refractivity contribution in [2.24, 2.45) is 0 Å². The largest absolute Gasteiger partial charge is 0.481 e. The van der Waals surface area contributed by atoms with Crippen molar-refractivity contribution in [3.63, 3.8) is 0 Å². The molecule has 0 saturated carbocycles. The van der Waals surface area contributed by atoms with E-state index in [-0.39, 0.29) is 0 Å². The van der Waals surface area contributed by atoms with Crippen LogP contribution in [0.4, 0.5) is 0 Å². The van der Waals surface area contributed by atoms with Gasteiger partial charge in [-0.2, -0.15) is 0 Å². The van der Waals surface area contributed by atoms with Crippen molar-refractivity contribution in [3.05, 3.63) is 60.3 Å². The fraction of sp³-hybridized carbons (Fsp3) is 0.0667. The minimum absolute atomic E-state index is 0.454.